The molecule has 0 N–H and O–H groups in total. The van der Waals surface area contributed by atoms with Crippen LogP contribution in [0.2, 0.25) is 0 Å². The van der Waals surface area contributed by atoms with Crippen LogP contribution in [0.4, 0.5) is 22.7 Å². The number of nitrogens with zero attached hydrogens (tertiary/aromatic N) is 4. The number of carbonyl (C=O) groups excluding carboxylic acids is 3. The Labute approximate surface area is 285 Å². The van der Waals surface area contributed by atoms with Gasteiger partial charge in [0.1, 0.15) is 30.0 Å². The summed E-state index contributed by atoms with van der Waals surface area (Å²) in [5.41, 5.74) is 6.90. The number of carbonyl (C=O) groups is 3. The Hall–Kier alpha value is -5.17. The van der Waals surface area contributed by atoms with Crippen LogP contribution in [-0.4, -0.2) is 30.0 Å². The maximum atomic E-state index is 11.5. The first-order chi connectivity index (χ1) is 23.6. The van der Waals surface area contributed by atoms with Crippen LogP contribution < -0.4 is 9.80 Å². The second-order valence-electron chi connectivity index (χ2n) is 11.6. The predicted octanol–water partition coefficient (Wildman–Crippen LogP) is 9.59. The molecular weight excluding hydrogens is 596 g/mol. The van der Waals surface area contributed by atoms with Crippen molar-refractivity contribution < 1.29 is 14.4 Å². The summed E-state index contributed by atoms with van der Waals surface area (Å²) < 4.78 is 0. The first-order valence-electron chi connectivity index (χ1n) is 16.8. The molecule has 0 spiro atoms. The molecule has 7 nitrogen and oxygen atoms in total. The lowest BCUT2D eigenvalue weighted by molar-refractivity contribution is -0.119. The van der Waals surface area contributed by atoms with Gasteiger partial charge in [0.05, 0.1) is 24.5 Å². The van der Waals surface area contributed by atoms with Crippen LogP contribution in [0.1, 0.15) is 76.3 Å². The number of anilines is 2. The first kappa shape index (κ1) is 35.7. The molecule has 4 aromatic carbocycles. The lowest BCUT2D eigenvalue weighted by Gasteiger charge is -2.30. The number of ketones is 2. The molecular formula is C41H46N4O3. The van der Waals surface area contributed by atoms with Crippen molar-refractivity contribution in [2.45, 2.75) is 78.3 Å². The summed E-state index contributed by atoms with van der Waals surface area (Å²) in [6.45, 7) is 7.52. The number of amidine groups is 2. The minimum Gasteiger partial charge on any atom is -0.325 e. The van der Waals surface area contributed by atoms with Crippen LogP contribution in [0.3, 0.4) is 0 Å². The van der Waals surface area contributed by atoms with E-state index in [4.69, 9.17) is 14.8 Å². The van der Waals surface area contributed by atoms with Crippen molar-refractivity contribution in [1.82, 2.24) is 0 Å². The van der Waals surface area contributed by atoms with E-state index in [0.29, 0.717) is 37.2 Å². The van der Waals surface area contributed by atoms with Gasteiger partial charge in [-0.1, -0.05) is 86.6 Å². The van der Waals surface area contributed by atoms with Gasteiger partial charge in [0, 0.05) is 49.9 Å². The van der Waals surface area contributed by atoms with E-state index in [2.05, 4.69) is 70.5 Å². The second-order valence-corrected chi connectivity index (χ2v) is 11.6. The zero-order valence-corrected chi connectivity index (χ0v) is 28.2. The minimum absolute atomic E-state index is 0.327. The standard InChI is InChI=1S/2C20H22N2O.CH2O/c2*1-2-18(23)12-8-14-20-21-19-13-7-6-9-16(19)15-22(20)17-10-4-3-5-11-17;1-2/h2*3-7,9-11,13H,2,8,12,14-15H2,1H3;1H2. The van der Waals surface area contributed by atoms with Crippen molar-refractivity contribution in [1.29, 1.82) is 0 Å². The van der Waals surface area contributed by atoms with Crippen LogP contribution in [0.25, 0.3) is 0 Å². The Morgan fingerprint density at radius 2 is 0.917 bits per heavy atom. The fraction of sp³-hybridized carbons (Fsp3) is 0.293. The number of Topliss-reactive ketones (excluding diaryl/α,β-unsaturated/α-hetero) is 2. The van der Waals surface area contributed by atoms with Crippen molar-refractivity contribution in [2.75, 3.05) is 9.80 Å². The minimum atomic E-state index is 0.327. The summed E-state index contributed by atoms with van der Waals surface area (Å²) in [6, 6.07) is 37.3. The van der Waals surface area contributed by atoms with Crippen LogP contribution in [-0.2, 0) is 27.5 Å². The molecule has 2 heterocycles. The molecule has 4 aromatic rings. The molecule has 2 aliphatic heterocycles. The highest BCUT2D eigenvalue weighted by Crippen LogP contribution is 2.32. The SMILES string of the molecule is C=O.CCC(=O)CCCC1=Nc2ccccc2CN1c1ccccc1.CCC(=O)CCCC1=Nc2ccccc2CN1c1ccccc1. The van der Waals surface area contributed by atoms with Gasteiger partial charge in [-0.2, -0.15) is 0 Å². The van der Waals surface area contributed by atoms with Crippen molar-refractivity contribution >= 4 is 52.8 Å². The van der Waals surface area contributed by atoms with Gasteiger partial charge in [-0.3, -0.25) is 9.59 Å². The maximum Gasteiger partial charge on any atom is 0.132 e. The first-order valence-corrected chi connectivity index (χ1v) is 16.8. The summed E-state index contributed by atoms with van der Waals surface area (Å²) in [5, 5.41) is 0. The molecule has 6 rings (SSSR count). The zero-order valence-electron chi connectivity index (χ0n) is 28.2. The number of aliphatic imine (C=N–C) groups is 2. The molecule has 0 atom stereocenters. The predicted molar refractivity (Wildman–Crippen MR) is 198 cm³/mol. The smallest absolute Gasteiger partial charge is 0.132 e. The highest BCUT2D eigenvalue weighted by atomic mass is 16.1. The van der Waals surface area contributed by atoms with Gasteiger partial charge in [-0.15, -0.1) is 0 Å². The average molecular weight is 643 g/mol. The van der Waals surface area contributed by atoms with Crippen LogP contribution >= 0.6 is 0 Å². The quantitative estimate of drug-likeness (QED) is 0.154. The number of hydrogen-bond acceptors (Lipinski definition) is 7. The van der Waals surface area contributed by atoms with E-state index in [-0.39, 0.29) is 0 Å². The third-order valence-corrected chi connectivity index (χ3v) is 8.40. The molecule has 0 radical (unpaired) electrons. The Morgan fingerprint density at radius 1 is 0.562 bits per heavy atom. The van der Waals surface area contributed by atoms with Gasteiger partial charge in [0.25, 0.3) is 0 Å². The Morgan fingerprint density at radius 3 is 1.29 bits per heavy atom. The monoisotopic (exact) mass is 642 g/mol. The van der Waals surface area contributed by atoms with E-state index in [9.17, 15) is 9.59 Å². The Bertz CT molecular complexity index is 1560. The van der Waals surface area contributed by atoms with Gasteiger partial charge in [-0.05, 0) is 60.4 Å². The summed E-state index contributed by atoms with van der Waals surface area (Å²) >= 11 is 0. The van der Waals surface area contributed by atoms with E-state index in [0.717, 1.165) is 73.2 Å². The third kappa shape index (κ3) is 9.91. The topological polar surface area (TPSA) is 82.4 Å². The number of benzene rings is 4. The van der Waals surface area contributed by atoms with E-state index >= 15 is 0 Å². The molecule has 0 fully saturated rings. The molecule has 0 aromatic heterocycles. The number of para-hydroxylation sites is 4. The van der Waals surface area contributed by atoms with Crippen LogP contribution in [0.15, 0.2) is 119 Å². The van der Waals surface area contributed by atoms with Crippen molar-refractivity contribution in [3.63, 3.8) is 0 Å². The Balaban J connectivity index is 0.000000206. The number of rotatable bonds is 12. The van der Waals surface area contributed by atoms with Gasteiger partial charge in [-0.25, -0.2) is 9.98 Å². The largest absolute Gasteiger partial charge is 0.325 e. The molecule has 0 saturated heterocycles. The number of fused-ring (bicyclic) bond motifs is 2. The molecule has 0 bridgehead atoms. The van der Waals surface area contributed by atoms with Gasteiger partial charge < -0.3 is 14.6 Å². The molecule has 0 unspecified atom stereocenters. The zero-order chi connectivity index (χ0) is 34.1. The molecule has 7 heteroatoms. The van der Waals surface area contributed by atoms with Crippen LogP contribution in [0, 0.1) is 0 Å². The highest BCUT2D eigenvalue weighted by molar-refractivity contribution is 6.02. The van der Waals surface area contributed by atoms with E-state index in [1.54, 1.807) is 0 Å². The molecule has 0 amide bonds. The fourth-order valence-electron chi connectivity index (χ4n) is 5.75. The molecule has 0 saturated carbocycles. The summed E-state index contributed by atoms with van der Waals surface area (Å²) in [6.07, 6.45) is 5.90. The summed E-state index contributed by atoms with van der Waals surface area (Å²) in [4.78, 5) is 45.3. The van der Waals surface area contributed by atoms with Crippen molar-refractivity contribution in [3.8, 4) is 0 Å². The average Bonchev–Trinajstić information content (AvgIpc) is 3.15. The summed E-state index contributed by atoms with van der Waals surface area (Å²) in [5.74, 6) is 2.76. The molecule has 248 valence electrons. The van der Waals surface area contributed by atoms with Crippen molar-refractivity contribution in [2.24, 2.45) is 9.98 Å². The van der Waals surface area contributed by atoms with Gasteiger partial charge in [0.15, 0.2) is 0 Å². The maximum absolute atomic E-state index is 11.5. The lowest BCUT2D eigenvalue weighted by Crippen LogP contribution is -2.32. The Kier molecular flexibility index (Phi) is 14.0. The molecule has 2 aliphatic rings. The summed E-state index contributed by atoms with van der Waals surface area (Å²) in [7, 11) is 0. The van der Waals surface area contributed by atoms with Crippen molar-refractivity contribution in [3.05, 3.63) is 120 Å². The highest BCUT2D eigenvalue weighted by Gasteiger charge is 2.22. The van der Waals surface area contributed by atoms with Crippen LogP contribution in [0.5, 0.6) is 0 Å². The second kappa shape index (κ2) is 18.8. The van der Waals surface area contributed by atoms with E-state index < -0.39 is 0 Å². The van der Waals surface area contributed by atoms with Gasteiger partial charge >= 0.3 is 0 Å². The molecule has 48 heavy (non-hydrogen) atoms. The number of hydrogen-bond donors (Lipinski definition) is 0. The van der Waals surface area contributed by atoms with E-state index in [1.165, 1.54) is 11.1 Å². The van der Waals surface area contributed by atoms with E-state index in [1.807, 2.05) is 69.2 Å². The third-order valence-electron chi connectivity index (χ3n) is 8.40. The lowest BCUT2D eigenvalue weighted by atomic mass is 10.1. The van der Waals surface area contributed by atoms with Gasteiger partial charge in [0.2, 0.25) is 0 Å². The molecule has 0 aliphatic carbocycles. The normalized spacial score (nSPS) is 13.0. The fourth-order valence-corrected chi connectivity index (χ4v) is 5.75.